The first kappa shape index (κ1) is 14.7. The lowest BCUT2D eigenvalue weighted by molar-refractivity contribution is -0.144. The minimum absolute atomic E-state index is 0.0301. The number of para-hydroxylation sites is 1. The van der Waals surface area contributed by atoms with Crippen molar-refractivity contribution < 1.29 is 31.8 Å². The van der Waals surface area contributed by atoms with Crippen LogP contribution in [0.2, 0.25) is 0 Å². The number of nitrogens with zero attached hydrogens (tertiary/aromatic N) is 1. The molecule has 0 aromatic heterocycles. The van der Waals surface area contributed by atoms with Gasteiger partial charge in [-0.15, -0.1) is 0 Å². The Bertz CT molecular complexity index is 619. The number of carboxylic acids is 1. The van der Waals surface area contributed by atoms with Crippen LogP contribution in [0, 0.1) is 0 Å². The topological polar surface area (TPSA) is 83.9 Å². The van der Waals surface area contributed by atoms with Crippen LogP contribution >= 0.6 is 0 Å². The SMILES string of the molecule is O=C(O)[C@@H]1CCN1S(=O)(=O)c1ccccc1OC(F)F. The Kier molecular flexibility index (Phi) is 3.91. The molecule has 1 fully saturated rings. The summed E-state index contributed by atoms with van der Waals surface area (Å²) in [5.74, 6) is -1.77. The molecule has 110 valence electrons. The number of carbonyl (C=O) groups is 1. The Balaban J connectivity index is 2.37. The predicted octanol–water partition coefficient (Wildman–Crippen LogP) is 1.14. The molecule has 2 rings (SSSR count). The lowest BCUT2D eigenvalue weighted by atomic mass is 10.1. The summed E-state index contributed by atoms with van der Waals surface area (Å²) in [5.41, 5.74) is 0. The Labute approximate surface area is 113 Å². The average molecular weight is 307 g/mol. The molecular formula is C11H11F2NO5S. The van der Waals surface area contributed by atoms with Gasteiger partial charge in [-0.25, -0.2) is 8.42 Å². The molecule has 0 amide bonds. The van der Waals surface area contributed by atoms with Gasteiger partial charge in [0, 0.05) is 6.54 Å². The second-order valence-corrected chi connectivity index (χ2v) is 5.94. The van der Waals surface area contributed by atoms with Gasteiger partial charge in [0.05, 0.1) is 0 Å². The van der Waals surface area contributed by atoms with Crippen LogP contribution in [0.3, 0.4) is 0 Å². The van der Waals surface area contributed by atoms with Gasteiger partial charge in [0.2, 0.25) is 10.0 Å². The minimum Gasteiger partial charge on any atom is -0.480 e. The molecule has 1 saturated heterocycles. The van der Waals surface area contributed by atoms with Crippen LogP contribution in [0.4, 0.5) is 8.78 Å². The van der Waals surface area contributed by atoms with Gasteiger partial charge >= 0.3 is 12.6 Å². The zero-order valence-corrected chi connectivity index (χ0v) is 10.9. The number of hydrogen-bond donors (Lipinski definition) is 1. The van der Waals surface area contributed by atoms with E-state index in [4.69, 9.17) is 5.11 Å². The van der Waals surface area contributed by atoms with Crippen LogP contribution in [0.1, 0.15) is 6.42 Å². The third-order valence-corrected chi connectivity index (χ3v) is 4.86. The predicted molar refractivity (Wildman–Crippen MR) is 63.0 cm³/mol. The number of sulfonamides is 1. The lowest BCUT2D eigenvalue weighted by Gasteiger charge is -2.36. The molecule has 0 spiro atoms. The molecule has 0 aliphatic carbocycles. The van der Waals surface area contributed by atoms with Crippen molar-refractivity contribution in [2.24, 2.45) is 0 Å². The number of alkyl halides is 2. The number of halogens is 2. The van der Waals surface area contributed by atoms with Crippen molar-refractivity contribution in [2.75, 3.05) is 6.54 Å². The molecule has 9 heteroatoms. The van der Waals surface area contributed by atoms with E-state index >= 15 is 0 Å². The van der Waals surface area contributed by atoms with Crippen molar-refractivity contribution in [1.82, 2.24) is 4.31 Å². The van der Waals surface area contributed by atoms with Crippen molar-refractivity contribution in [3.63, 3.8) is 0 Å². The van der Waals surface area contributed by atoms with E-state index in [-0.39, 0.29) is 13.0 Å². The van der Waals surface area contributed by atoms with Gasteiger partial charge in [0.25, 0.3) is 0 Å². The minimum atomic E-state index is -4.18. The Morgan fingerprint density at radius 3 is 2.55 bits per heavy atom. The van der Waals surface area contributed by atoms with Crippen LogP contribution in [-0.2, 0) is 14.8 Å². The zero-order chi connectivity index (χ0) is 14.9. The maximum Gasteiger partial charge on any atom is 0.387 e. The van der Waals surface area contributed by atoms with Crippen LogP contribution in [-0.4, -0.2) is 43.0 Å². The molecule has 1 atom stereocenters. The lowest BCUT2D eigenvalue weighted by Crippen LogP contribution is -2.54. The largest absolute Gasteiger partial charge is 0.480 e. The van der Waals surface area contributed by atoms with Crippen molar-refractivity contribution in [3.8, 4) is 5.75 Å². The summed E-state index contributed by atoms with van der Waals surface area (Å²) in [4.78, 5) is 10.4. The smallest absolute Gasteiger partial charge is 0.387 e. The van der Waals surface area contributed by atoms with Crippen LogP contribution in [0.15, 0.2) is 29.2 Å². The third-order valence-electron chi connectivity index (χ3n) is 2.91. The summed E-state index contributed by atoms with van der Waals surface area (Å²) < 4.78 is 54.0. The molecule has 0 radical (unpaired) electrons. The summed E-state index contributed by atoms with van der Waals surface area (Å²) >= 11 is 0. The van der Waals surface area contributed by atoms with Gasteiger partial charge in [0.15, 0.2) is 0 Å². The fourth-order valence-corrected chi connectivity index (χ4v) is 3.63. The highest BCUT2D eigenvalue weighted by molar-refractivity contribution is 7.89. The van der Waals surface area contributed by atoms with Crippen LogP contribution < -0.4 is 4.74 Å². The molecule has 1 aromatic carbocycles. The van der Waals surface area contributed by atoms with Gasteiger partial charge in [-0.2, -0.15) is 13.1 Å². The normalized spacial score (nSPS) is 19.6. The maximum atomic E-state index is 12.3. The third kappa shape index (κ3) is 2.59. The molecule has 1 N–H and O–H groups in total. The van der Waals surface area contributed by atoms with Gasteiger partial charge in [0.1, 0.15) is 16.7 Å². The molecule has 0 bridgehead atoms. The van der Waals surface area contributed by atoms with E-state index in [0.717, 1.165) is 16.4 Å². The highest BCUT2D eigenvalue weighted by Crippen LogP contribution is 2.32. The van der Waals surface area contributed by atoms with Crippen molar-refractivity contribution in [1.29, 1.82) is 0 Å². The van der Waals surface area contributed by atoms with E-state index in [1.807, 2.05) is 0 Å². The van der Waals surface area contributed by atoms with Gasteiger partial charge in [-0.05, 0) is 18.6 Å². The number of benzene rings is 1. The fourth-order valence-electron chi connectivity index (χ4n) is 1.88. The average Bonchev–Trinajstić information content (AvgIpc) is 2.25. The van der Waals surface area contributed by atoms with Crippen molar-refractivity contribution in [3.05, 3.63) is 24.3 Å². The van der Waals surface area contributed by atoms with E-state index in [1.54, 1.807) is 0 Å². The Hall–Kier alpha value is -1.74. The van der Waals surface area contributed by atoms with Crippen molar-refractivity contribution in [2.45, 2.75) is 24.0 Å². The summed E-state index contributed by atoms with van der Waals surface area (Å²) in [5, 5.41) is 8.87. The Morgan fingerprint density at radius 2 is 2.05 bits per heavy atom. The van der Waals surface area contributed by atoms with Gasteiger partial charge < -0.3 is 9.84 Å². The number of carboxylic acid groups (broad SMARTS) is 1. The standard InChI is InChI=1S/C11H11F2NO5S/c12-11(13)19-8-3-1-2-4-9(8)20(17,18)14-6-5-7(14)10(15)16/h1-4,7,11H,5-6H2,(H,15,16)/t7-/m0/s1. The van der Waals surface area contributed by atoms with E-state index < -0.39 is 39.3 Å². The highest BCUT2D eigenvalue weighted by atomic mass is 32.2. The number of ether oxygens (including phenoxy) is 1. The summed E-state index contributed by atoms with van der Waals surface area (Å²) in [6, 6.07) is 3.72. The Morgan fingerprint density at radius 1 is 1.40 bits per heavy atom. The van der Waals surface area contributed by atoms with Crippen LogP contribution in [0.5, 0.6) is 5.75 Å². The van der Waals surface area contributed by atoms with E-state index in [1.165, 1.54) is 12.1 Å². The quantitative estimate of drug-likeness (QED) is 0.881. The maximum absolute atomic E-state index is 12.3. The van der Waals surface area contributed by atoms with E-state index in [9.17, 15) is 22.0 Å². The molecule has 20 heavy (non-hydrogen) atoms. The van der Waals surface area contributed by atoms with E-state index in [0.29, 0.717) is 0 Å². The molecule has 0 saturated carbocycles. The summed E-state index contributed by atoms with van der Waals surface area (Å²) in [6.45, 7) is -3.14. The van der Waals surface area contributed by atoms with Crippen molar-refractivity contribution >= 4 is 16.0 Å². The van der Waals surface area contributed by atoms with Gasteiger partial charge in [-0.3, -0.25) is 4.79 Å². The second-order valence-electron chi connectivity index (χ2n) is 4.08. The van der Waals surface area contributed by atoms with E-state index in [2.05, 4.69) is 4.74 Å². The number of aliphatic carboxylic acids is 1. The molecule has 1 heterocycles. The molecule has 1 aliphatic rings. The zero-order valence-electron chi connectivity index (χ0n) is 10.1. The number of hydrogen-bond acceptors (Lipinski definition) is 4. The summed E-state index contributed by atoms with van der Waals surface area (Å²) in [7, 11) is -4.18. The monoisotopic (exact) mass is 307 g/mol. The first-order valence-corrected chi connectivity index (χ1v) is 7.06. The molecular weight excluding hydrogens is 296 g/mol. The number of rotatable bonds is 5. The molecule has 1 aliphatic heterocycles. The molecule has 6 nitrogen and oxygen atoms in total. The first-order valence-electron chi connectivity index (χ1n) is 5.62. The second kappa shape index (κ2) is 5.33. The highest BCUT2D eigenvalue weighted by Gasteiger charge is 2.43. The first-order chi connectivity index (χ1) is 9.34. The fraction of sp³-hybridized carbons (Fsp3) is 0.364. The van der Waals surface area contributed by atoms with Crippen LogP contribution in [0.25, 0.3) is 0 Å². The molecule has 1 aromatic rings. The van der Waals surface area contributed by atoms with Gasteiger partial charge in [-0.1, -0.05) is 12.1 Å². The summed E-state index contributed by atoms with van der Waals surface area (Å²) in [6.07, 6.45) is 0.187. The molecule has 0 unspecified atom stereocenters.